The summed E-state index contributed by atoms with van der Waals surface area (Å²) in [5, 5.41) is 14.8. The predicted molar refractivity (Wildman–Crippen MR) is 122 cm³/mol. The number of amides is 2. The molecule has 2 aromatic rings. The van der Waals surface area contributed by atoms with E-state index >= 15 is 0 Å². The SMILES string of the molecule is Cc1cc(C(=O)N2CCCC2C(=O)NCC2(c3ccc(Cl)cc3)CCC2)ccc1[N+](=O)[O-]. The Labute approximate surface area is 191 Å². The first-order valence-electron chi connectivity index (χ1n) is 10.9. The predicted octanol–water partition coefficient (Wildman–Crippen LogP) is 4.40. The number of hydrogen-bond donors (Lipinski definition) is 1. The van der Waals surface area contributed by atoms with Crippen molar-refractivity contribution in [1.29, 1.82) is 0 Å². The second-order valence-electron chi connectivity index (χ2n) is 8.77. The Morgan fingerprint density at radius 2 is 1.91 bits per heavy atom. The maximum atomic E-state index is 13.1. The van der Waals surface area contributed by atoms with Crippen LogP contribution in [-0.2, 0) is 10.2 Å². The van der Waals surface area contributed by atoms with Crippen LogP contribution in [-0.4, -0.2) is 40.8 Å². The lowest BCUT2D eigenvalue weighted by atomic mass is 9.64. The van der Waals surface area contributed by atoms with Crippen molar-refractivity contribution < 1.29 is 14.5 Å². The molecule has 1 N–H and O–H groups in total. The van der Waals surface area contributed by atoms with Gasteiger partial charge in [-0.3, -0.25) is 19.7 Å². The fourth-order valence-electron chi connectivity index (χ4n) is 4.79. The number of carbonyl (C=O) groups excluding carboxylic acids is 2. The number of likely N-dealkylation sites (tertiary alicyclic amines) is 1. The van der Waals surface area contributed by atoms with E-state index in [4.69, 9.17) is 11.6 Å². The van der Waals surface area contributed by atoms with E-state index < -0.39 is 11.0 Å². The van der Waals surface area contributed by atoms with Gasteiger partial charge in [0, 0.05) is 40.7 Å². The summed E-state index contributed by atoms with van der Waals surface area (Å²) in [7, 11) is 0. The summed E-state index contributed by atoms with van der Waals surface area (Å²) >= 11 is 6.03. The molecule has 4 rings (SSSR count). The van der Waals surface area contributed by atoms with Crippen molar-refractivity contribution in [3.8, 4) is 0 Å². The molecule has 1 saturated heterocycles. The Morgan fingerprint density at radius 3 is 2.50 bits per heavy atom. The van der Waals surface area contributed by atoms with Crippen LogP contribution >= 0.6 is 11.6 Å². The number of aryl methyl sites for hydroxylation is 1. The van der Waals surface area contributed by atoms with Crippen LogP contribution in [0.3, 0.4) is 0 Å². The number of nitro benzene ring substituents is 1. The molecule has 2 aliphatic rings. The van der Waals surface area contributed by atoms with E-state index in [1.54, 1.807) is 11.8 Å². The summed E-state index contributed by atoms with van der Waals surface area (Å²) in [4.78, 5) is 38.3. The second kappa shape index (κ2) is 8.90. The fraction of sp³-hybridized carbons (Fsp3) is 0.417. The molecule has 2 aromatic carbocycles. The molecule has 0 bridgehead atoms. The fourth-order valence-corrected chi connectivity index (χ4v) is 4.92. The van der Waals surface area contributed by atoms with Crippen LogP contribution < -0.4 is 5.32 Å². The molecule has 1 heterocycles. The van der Waals surface area contributed by atoms with E-state index in [0.29, 0.717) is 35.7 Å². The van der Waals surface area contributed by atoms with Gasteiger partial charge in [-0.1, -0.05) is 30.2 Å². The first kappa shape index (κ1) is 22.3. The average Bonchev–Trinajstić information content (AvgIpc) is 3.23. The molecule has 0 aromatic heterocycles. The Hall–Kier alpha value is -2.93. The summed E-state index contributed by atoms with van der Waals surface area (Å²) in [5.74, 6) is -0.411. The molecular weight excluding hydrogens is 430 g/mol. The lowest BCUT2D eigenvalue weighted by Crippen LogP contribution is -2.51. The molecule has 0 radical (unpaired) electrons. The second-order valence-corrected chi connectivity index (χ2v) is 9.21. The monoisotopic (exact) mass is 455 g/mol. The van der Waals surface area contributed by atoms with Gasteiger partial charge >= 0.3 is 0 Å². The third-order valence-electron chi connectivity index (χ3n) is 6.83. The van der Waals surface area contributed by atoms with Crippen LogP contribution in [0.1, 0.15) is 53.6 Å². The molecule has 2 fully saturated rings. The normalized spacial score (nSPS) is 19.3. The minimum Gasteiger partial charge on any atom is -0.353 e. The van der Waals surface area contributed by atoms with E-state index in [2.05, 4.69) is 5.32 Å². The summed E-state index contributed by atoms with van der Waals surface area (Å²) in [5.41, 5.74) is 1.86. The van der Waals surface area contributed by atoms with Crippen LogP contribution in [0.4, 0.5) is 5.69 Å². The quantitative estimate of drug-likeness (QED) is 0.516. The summed E-state index contributed by atoms with van der Waals surface area (Å²) < 4.78 is 0. The zero-order chi connectivity index (χ0) is 22.9. The highest BCUT2D eigenvalue weighted by atomic mass is 35.5. The number of rotatable bonds is 6. The maximum Gasteiger partial charge on any atom is 0.272 e. The minimum absolute atomic E-state index is 0.0229. The number of carbonyl (C=O) groups is 2. The third kappa shape index (κ3) is 4.21. The van der Waals surface area contributed by atoms with Crippen molar-refractivity contribution >= 4 is 29.1 Å². The Kier molecular flexibility index (Phi) is 6.20. The standard InChI is InChI=1S/C24H26ClN3O4/c1-16-14-17(5-10-20(16)28(31)32)23(30)27-13-2-4-21(27)22(29)26-15-24(11-3-12-24)18-6-8-19(25)9-7-18/h5-10,14,21H,2-4,11-13,15H2,1H3,(H,26,29). The molecule has 7 nitrogen and oxygen atoms in total. The van der Waals surface area contributed by atoms with E-state index in [1.165, 1.54) is 23.8 Å². The first-order valence-corrected chi connectivity index (χ1v) is 11.3. The maximum absolute atomic E-state index is 13.1. The largest absolute Gasteiger partial charge is 0.353 e. The van der Waals surface area contributed by atoms with Crippen LogP contribution in [0, 0.1) is 17.0 Å². The number of nitrogens with one attached hydrogen (secondary N) is 1. The number of benzene rings is 2. The van der Waals surface area contributed by atoms with Crippen molar-refractivity contribution in [1.82, 2.24) is 10.2 Å². The van der Waals surface area contributed by atoms with Gasteiger partial charge in [-0.05, 0) is 62.4 Å². The third-order valence-corrected chi connectivity index (χ3v) is 7.08. The smallest absolute Gasteiger partial charge is 0.272 e. The minimum atomic E-state index is -0.527. The highest BCUT2D eigenvalue weighted by Crippen LogP contribution is 2.43. The van der Waals surface area contributed by atoms with E-state index in [-0.39, 0.29) is 22.9 Å². The molecular formula is C24H26ClN3O4. The van der Waals surface area contributed by atoms with Gasteiger partial charge in [0.05, 0.1) is 4.92 Å². The van der Waals surface area contributed by atoms with Crippen molar-refractivity contribution in [2.45, 2.75) is 50.5 Å². The molecule has 32 heavy (non-hydrogen) atoms. The highest BCUT2D eigenvalue weighted by Gasteiger charge is 2.41. The van der Waals surface area contributed by atoms with E-state index in [9.17, 15) is 19.7 Å². The first-order chi connectivity index (χ1) is 15.3. The van der Waals surface area contributed by atoms with Gasteiger partial charge in [0.25, 0.3) is 11.6 Å². The van der Waals surface area contributed by atoms with Crippen molar-refractivity contribution in [2.24, 2.45) is 0 Å². The Balaban J connectivity index is 1.44. The molecule has 0 spiro atoms. The number of halogens is 1. The van der Waals surface area contributed by atoms with Gasteiger partial charge in [0.15, 0.2) is 0 Å². The van der Waals surface area contributed by atoms with Gasteiger partial charge in [-0.2, -0.15) is 0 Å². The summed E-state index contributed by atoms with van der Waals surface area (Å²) in [6.45, 7) is 2.63. The highest BCUT2D eigenvalue weighted by molar-refractivity contribution is 6.30. The van der Waals surface area contributed by atoms with Crippen LogP contribution in [0.5, 0.6) is 0 Å². The van der Waals surface area contributed by atoms with Crippen LogP contribution in [0.25, 0.3) is 0 Å². The zero-order valence-corrected chi connectivity index (χ0v) is 18.7. The Bertz CT molecular complexity index is 1050. The van der Waals surface area contributed by atoms with Gasteiger partial charge in [-0.15, -0.1) is 0 Å². The lowest BCUT2D eigenvalue weighted by Gasteiger charge is -2.43. The lowest BCUT2D eigenvalue weighted by molar-refractivity contribution is -0.385. The molecule has 1 saturated carbocycles. The van der Waals surface area contributed by atoms with Crippen LogP contribution in [0.2, 0.25) is 5.02 Å². The zero-order valence-electron chi connectivity index (χ0n) is 18.0. The number of nitro groups is 1. The molecule has 1 unspecified atom stereocenters. The molecule has 8 heteroatoms. The van der Waals surface area contributed by atoms with Crippen LogP contribution in [0.15, 0.2) is 42.5 Å². The Morgan fingerprint density at radius 1 is 1.19 bits per heavy atom. The average molecular weight is 456 g/mol. The summed E-state index contributed by atoms with van der Waals surface area (Å²) in [6, 6.07) is 11.6. The topological polar surface area (TPSA) is 92.6 Å². The van der Waals surface area contributed by atoms with E-state index in [0.717, 1.165) is 25.7 Å². The van der Waals surface area contributed by atoms with Gasteiger partial charge < -0.3 is 10.2 Å². The van der Waals surface area contributed by atoms with Crippen molar-refractivity contribution in [3.05, 3.63) is 74.3 Å². The molecule has 168 valence electrons. The molecule has 1 atom stereocenters. The molecule has 1 aliphatic carbocycles. The van der Waals surface area contributed by atoms with Gasteiger partial charge in [-0.25, -0.2) is 0 Å². The molecule has 2 amide bonds. The summed E-state index contributed by atoms with van der Waals surface area (Å²) in [6.07, 6.45) is 4.48. The van der Waals surface area contributed by atoms with Crippen molar-refractivity contribution in [3.63, 3.8) is 0 Å². The van der Waals surface area contributed by atoms with Crippen molar-refractivity contribution in [2.75, 3.05) is 13.1 Å². The number of nitrogens with zero attached hydrogens (tertiary/aromatic N) is 2. The number of hydrogen-bond acceptors (Lipinski definition) is 4. The van der Waals surface area contributed by atoms with Gasteiger partial charge in [0.1, 0.15) is 6.04 Å². The molecule has 1 aliphatic heterocycles. The van der Waals surface area contributed by atoms with Gasteiger partial charge in [0.2, 0.25) is 5.91 Å². The van der Waals surface area contributed by atoms with E-state index in [1.807, 2.05) is 24.3 Å².